The van der Waals surface area contributed by atoms with Crippen molar-refractivity contribution in [2.75, 3.05) is 0 Å². The highest BCUT2D eigenvalue weighted by molar-refractivity contribution is 7.14. The van der Waals surface area contributed by atoms with Crippen molar-refractivity contribution < 1.29 is 4.79 Å². The Morgan fingerprint density at radius 2 is 2.06 bits per heavy atom. The first kappa shape index (κ1) is 11.6. The summed E-state index contributed by atoms with van der Waals surface area (Å²) in [4.78, 5) is 17.2. The molecule has 88 valence electrons. The fourth-order valence-corrected chi connectivity index (χ4v) is 2.43. The van der Waals surface area contributed by atoms with Crippen molar-refractivity contribution in [1.29, 1.82) is 0 Å². The van der Waals surface area contributed by atoms with E-state index in [0.29, 0.717) is 6.04 Å². The van der Waals surface area contributed by atoms with Crippen LogP contribution in [-0.4, -0.2) is 16.9 Å². The first-order valence-electron chi connectivity index (χ1n) is 5.66. The van der Waals surface area contributed by atoms with Gasteiger partial charge in [-0.25, -0.2) is 4.98 Å². The first-order valence-corrected chi connectivity index (χ1v) is 6.48. The number of rotatable bonds is 2. The lowest BCUT2D eigenvalue weighted by Crippen LogP contribution is -2.25. The van der Waals surface area contributed by atoms with E-state index in [1.807, 2.05) is 6.92 Å². The summed E-state index contributed by atoms with van der Waals surface area (Å²) in [6.45, 7) is 8.27. The summed E-state index contributed by atoms with van der Waals surface area (Å²) in [5.74, 6) is 0.0491. The van der Waals surface area contributed by atoms with Crippen LogP contribution in [0, 0.1) is 6.92 Å². The number of nitrogens with zero attached hydrogens (tertiary/aromatic N) is 1. The number of carbonyl (C=O) groups is 1. The lowest BCUT2D eigenvalue weighted by Gasteiger charge is -2.13. The molecule has 0 spiro atoms. The second-order valence-corrected chi connectivity index (χ2v) is 6.43. The van der Waals surface area contributed by atoms with Crippen molar-refractivity contribution in [3.05, 3.63) is 15.6 Å². The molecular weight excluding hydrogens is 220 g/mol. The quantitative estimate of drug-likeness (QED) is 0.860. The fraction of sp³-hybridized carbons (Fsp3) is 0.667. The number of amides is 1. The minimum atomic E-state index is 0.0214. The van der Waals surface area contributed by atoms with E-state index in [0.717, 1.165) is 28.4 Å². The standard InChI is InChI=1S/C12H18N2OS/c1-7-9(10(15)14-8-5-6-8)16-11(13-7)12(2,3)4/h8H,5-6H2,1-4H3,(H,14,15). The molecule has 0 aliphatic heterocycles. The molecule has 2 rings (SSSR count). The van der Waals surface area contributed by atoms with Crippen molar-refractivity contribution >= 4 is 17.2 Å². The minimum absolute atomic E-state index is 0.0214. The van der Waals surface area contributed by atoms with E-state index in [9.17, 15) is 4.79 Å². The Hall–Kier alpha value is -0.900. The normalized spacial score (nSPS) is 16.2. The Bertz CT molecular complexity index is 413. The Morgan fingerprint density at radius 1 is 1.44 bits per heavy atom. The monoisotopic (exact) mass is 238 g/mol. The van der Waals surface area contributed by atoms with Crippen molar-refractivity contribution in [2.24, 2.45) is 0 Å². The first-order chi connectivity index (χ1) is 7.38. The largest absolute Gasteiger partial charge is 0.349 e. The molecule has 1 N–H and O–H groups in total. The number of carbonyl (C=O) groups excluding carboxylic acids is 1. The van der Waals surface area contributed by atoms with Gasteiger partial charge in [0.25, 0.3) is 5.91 Å². The SMILES string of the molecule is Cc1nc(C(C)(C)C)sc1C(=O)NC1CC1. The molecule has 0 atom stereocenters. The third-order valence-electron chi connectivity index (χ3n) is 2.56. The van der Waals surface area contributed by atoms with Gasteiger partial charge in [-0.05, 0) is 19.8 Å². The van der Waals surface area contributed by atoms with Crippen LogP contribution in [0.25, 0.3) is 0 Å². The van der Waals surface area contributed by atoms with Crippen LogP contribution in [0.5, 0.6) is 0 Å². The second kappa shape index (κ2) is 3.84. The van der Waals surface area contributed by atoms with Gasteiger partial charge in [-0.2, -0.15) is 0 Å². The smallest absolute Gasteiger partial charge is 0.263 e. The molecular formula is C12H18N2OS. The Morgan fingerprint density at radius 3 is 2.50 bits per heavy atom. The topological polar surface area (TPSA) is 42.0 Å². The fourth-order valence-electron chi connectivity index (χ4n) is 1.41. The highest BCUT2D eigenvalue weighted by atomic mass is 32.1. The zero-order valence-electron chi connectivity index (χ0n) is 10.3. The van der Waals surface area contributed by atoms with Crippen LogP contribution in [-0.2, 0) is 5.41 Å². The molecule has 4 heteroatoms. The highest BCUT2D eigenvalue weighted by Gasteiger charge is 2.27. The van der Waals surface area contributed by atoms with Gasteiger partial charge in [0.05, 0.1) is 10.7 Å². The number of thiazole rings is 1. The third kappa shape index (κ3) is 2.43. The predicted octanol–water partition coefficient (Wildman–Crippen LogP) is 2.64. The van der Waals surface area contributed by atoms with Crippen LogP contribution in [0.2, 0.25) is 0 Å². The Kier molecular flexibility index (Phi) is 2.78. The molecule has 1 aliphatic carbocycles. The molecule has 3 nitrogen and oxygen atoms in total. The van der Waals surface area contributed by atoms with Gasteiger partial charge in [-0.15, -0.1) is 11.3 Å². The van der Waals surface area contributed by atoms with Crippen LogP contribution in [0.3, 0.4) is 0 Å². The molecule has 1 saturated carbocycles. The number of hydrogen-bond acceptors (Lipinski definition) is 3. The summed E-state index contributed by atoms with van der Waals surface area (Å²) in [6, 6.07) is 0.409. The van der Waals surface area contributed by atoms with E-state index in [1.165, 1.54) is 11.3 Å². The molecule has 1 aromatic heterocycles. The van der Waals surface area contributed by atoms with Crippen molar-refractivity contribution in [3.63, 3.8) is 0 Å². The maximum atomic E-state index is 11.9. The molecule has 0 radical (unpaired) electrons. The average Bonchev–Trinajstić information content (AvgIpc) is 2.85. The summed E-state index contributed by atoms with van der Waals surface area (Å²) >= 11 is 1.52. The van der Waals surface area contributed by atoms with Gasteiger partial charge in [0.15, 0.2) is 0 Å². The molecule has 1 fully saturated rings. The van der Waals surface area contributed by atoms with Gasteiger partial charge in [0.1, 0.15) is 4.88 Å². The maximum absolute atomic E-state index is 11.9. The van der Waals surface area contributed by atoms with E-state index in [1.54, 1.807) is 0 Å². The highest BCUT2D eigenvalue weighted by Crippen LogP contribution is 2.29. The summed E-state index contributed by atoms with van der Waals surface area (Å²) < 4.78 is 0. The van der Waals surface area contributed by atoms with E-state index >= 15 is 0 Å². The van der Waals surface area contributed by atoms with Crippen LogP contribution in [0.1, 0.15) is 54.0 Å². The molecule has 16 heavy (non-hydrogen) atoms. The van der Waals surface area contributed by atoms with Gasteiger partial charge in [0.2, 0.25) is 0 Å². The predicted molar refractivity (Wildman–Crippen MR) is 66.0 cm³/mol. The van der Waals surface area contributed by atoms with Crippen LogP contribution >= 0.6 is 11.3 Å². The maximum Gasteiger partial charge on any atom is 0.263 e. The van der Waals surface area contributed by atoms with E-state index in [-0.39, 0.29) is 11.3 Å². The summed E-state index contributed by atoms with van der Waals surface area (Å²) in [6.07, 6.45) is 2.24. The molecule has 1 amide bonds. The Labute approximate surface area is 100 Å². The van der Waals surface area contributed by atoms with E-state index < -0.39 is 0 Å². The van der Waals surface area contributed by atoms with Crippen molar-refractivity contribution in [1.82, 2.24) is 10.3 Å². The molecule has 0 saturated heterocycles. The number of aryl methyl sites for hydroxylation is 1. The average molecular weight is 238 g/mol. The molecule has 0 bridgehead atoms. The number of hydrogen-bond donors (Lipinski definition) is 1. The van der Waals surface area contributed by atoms with Gasteiger partial charge in [0, 0.05) is 11.5 Å². The van der Waals surface area contributed by atoms with Crippen molar-refractivity contribution in [2.45, 2.75) is 52.0 Å². The molecule has 1 heterocycles. The molecule has 0 unspecified atom stereocenters. The summed E-state index contributed by atoms with van der Waals surface area (Å²) in [5.41, 5.74) is 0.876. The van der Waals surface area contributed by atoms with E-state index in [2.05, 4.69) is 31.1 Å². The molecule has 1 aliphatic rings. The lowest BCUT2D eigenvalue weighted by molar-refractivity contribution is 0.0954. The Balaban J connectivity index is 2.20. The number of aromatic nitrogens is 1. The summed E-state index contributed by atoms with van der Waals surface area (Å²) in [5, 5.41) is 4.04. The zero-order valence-corrected chi connectivity index (χ0v) is 11.1. The molecule has 0 aromatic carbocycles. The van der Waals surface area contributed by atoms with Gasteiger partial charge in [-0.1, -0.05) is 20.8 Å². The minimum Gasteiger partial charge on any atom is -0.349 e. The van der Waals surface area contributed by atoms with Gasteiger partial charge >= 0.3 is 0 Å². The van der Waals surface area contributed by atoms with E-state index in [4.69, 9.17) is 0 Å². The number of nitrogens with one attached hydrogen (secondary N) is 1. The van der Waals surface area contributed by atoms with Crippen molar-refractivity contribution in [3.8, 4) is 0 Å². The summed E-state index contributed by atoms with van der Waals surface area (Å²) in [7, 11) is 0. The second-order valence-electron chi connectivity index (χ2n) is 5.43. The van der Waals surface area contributed by atoms with Gasteiger partial charge < -0.3 is 5.32 Å². The van der Waals surface area contributed by atoms with Crippen LogP contribution < -0.4 is 5.32 Å². The molecule has 1 aromatic rings. The van der Waals surface area contributed by atoms with Gasteiger partial charge in [-0.3, -0.25) is 4.79 Å². The van der Waals surface area contributed by atoms with Crippen LogP contribution in [0.15, 0.2) is 0 Å². The zero-order chi connectivity index (χ0) is 11.9. The van der Waals surface area contributed by atoms with Crippen LogP contribution in [0.4, 0.5) is 0 Å². The third-order valence-corrected chi connectivity index (χ3v) is 4.14. The lowest BCUT2D eigenvalue weighted by atomic mass is 9.98.